The van der Waals surface area contributed by atoms with Crippen molar-refractivity contribution >= 4 is 33.3 Å². The SMILES string of the molecule is Cc1cc2c(=O)[nH]c(SC(C)C)nc2s1. The number of fused-ring (bicyclic) bond motifs is 1. The van der Waals surface area contributed by atoms with Gasteiger partial charge in [-0.05, 0) is 13.0 Å². The highest BCUT2D eigenvalue weighted by molar-refractivity contribution is 7.99. The van der Waals surface area contributed by atoms with Crippen molar-refractivity contribution in [2.45, 2.75) is 31.2 Å². The predicted molar refractivity (Wildman–Crippen MR) is 66.0 cm³/mol. The molecule has 3 nitrogen and oxygen atoms in total. The monoisotopic (exact) mass is 240 g/mol. The van der Waals surface area contributed by atoms with E-state index >= 15 is 0 Å². The van der Waals surface area contributed by atoms with Crippen LogP contribution in [-0.4, -0.2) is 15.2 Å². The number of aryl methyl sites for hydroxylation is 1. The van der Waals surface area contributed by atoms with Crippen LogP contribution in [0.3, 0.4) is 0 Å². The highest BCUT2D eigenvalue weighted by atomic mass is 32.2. The van der Waals surface area contributed by atoms with Crippen molar-refractivity contribution in [3.8, 4) is 0 Å². The average molecular weight is 240 g/mol. The quantitative estimate of drug-likeness (QED) is 0.648. The molecule has 1 N–H and O–H groups in total. The summed E-state index contributed by atoms with van der Waals surface area (Å²) in [4.78, 5) is 20.9. The van der Waals surface area contributed by atoms with E-state index in [-0.39, 0.29) is 5.56 Å². The highest BCUT2D eigenvalue weighted by Crippen LogP contribution is 2.24. The first-order valence-corrected chi connectivity index (χ1v) is 6.43. The van der Waals surface area contributed by atoms with E-state index in [1.54, 1.807) is 23.1 Å². The summed E-state index contributed by atoms with van der Waals surface area (Å²) in [5, 5.41) is 1.83. The normalized spacial score (nSPS) is 11.5. The topological polar surface area (TPSA) is 45.8 Å². The Labute approximate surface area is 95.9 Å². The predicted octanol–water partition coefficient (Wildman–Crippen LogP) is 2.79. The molecule has 0 atom stereocenters. The second-order valence-corrected chi connectivity index (χ2v) is 6.41. The number of rotatable bonds is 2. The third-order valence-electron chi connectivity index (χ3n) is 1.85. The van der Waals surface area contributed by atoms with Crippen molar-refractivity contribution in [3.05, 3.63) is 21.3 Å². The molecule has 2 aromatic heterocycles. The summed E-state index contributed by atoms with van der Waals surface area (Å²) in [5.74, 6) is 0. The van der Waals surface area contributed by atoms with Crippen LogP contribution >= 0.6 is 23.1 Å². The van der Waals surface area contributed by atoms with E-state index in [2.05, 4.69) is 23.8 Å². The molecule has 0 fully saturated rings. The van der Waals surface area contributed by atoms with Gasteiger partial charge >= 0.3 is 0 Å². The van der Waals surface area contributed by atoms with Gasteiger partial charge in [0.1, 0.15) is 4.83 Å². The maximum Gasteiger partial charge on any atom is 0.260 e. The van der Waals surface area contributed by atoms with E-state index in [0.29, 0.717) is 15.8 Å². The molecule has 0 radical (unpaired) electrons. The van der Waals surface area contributed by atoms with Gasteiger partial charge in [-0.2, -0.15) is 0 Å². The van der Waals surface area contributed by atoms with Crippen LogP contribution in [-0.2, 0) is 0 Å². The molecule has 0 aromatic carbocycles. The fourth-order valence-corrected chi connectivity index (χ4v) is 2.99. The number of nitrogens with zero attached hydrogens (tertiary/aromatic N) is 1. The van der Waals surface area contributed by atoms with Gasteiger partial charge in [0.25, 0.3) is 5.56 Å². The van der Waals surface area contributed by atoms with Gasteiger partial charge in [-0.3, -0.25) is 4.79 Å². The summed E-state index contributed by atoms with van der Waals surface area (Å²) in [6.45, 7) is 6.14. The van der Waals surface area contributed by atoms with Crippen LogP contribution in [0.1, 0.15) is 18.7 Å². The number of aromatic amines is 1. The van der Waals surface area contributed by atoms with Gasteiger partial charge in [-0.1, -0.05) is 25.6 Å². The minimum atomic E-state index is -0.0347. The second kappa shape index (κ2) is 3.98. The van der Waals surface area contributed by atoms with Gasteiger partial charge in [0.2, 0.25) is 0 Å². The van der Waals surface area contributed by atoms with Crippen LogP contribution in [0.15, 0.2) is 16.0 Å². The van der Waals surface area contributed by atoms with Crippen molar-refractivity contribution in [2.24, 2.45) is 0 Å². The molecule has 0 aliphatic rings. The molecule has 5 heteroatoms. The minimum Gasteiger partial charge on any atom is -0.301 e. The first-order chi connectivity index (χ1) is 7.06. The molecular weight excluding hydrogens is 228 g/mol. The molecule has 0 spiro atoms. The summed E-state index contributed by atoms with van der Waals surface area (Å²) < 4.78 is 0. The third kappa shape index (κ3) is 2.23. The average Bonchev–Trinajstić information content (AvgIpc) is 2.44. The van der Waals surface area contributed by atoms with Crippen molar-refractivity contribution in [1.29, 1.82) is 0 Å². The number of thiophene rings is 1. The van der Waals surface area contributed by atoms with E-state index in [1.165, 1.54) is 0 Å². The summed E-state index contributed by atoms with van der Waals surface area (Å²) in [6, 6.07) is 1.88. The molecule has 2 aromatic rings. The number of aromatic nitrogens is 2. The van der Waals surface area contributed by atoms with Crippen molar-refractivity contribution in [3.63, 3.8) is 0 Å². The fraction of sp³-hybridized carbons (Fsp3) is 0.400. The molecule has 2 heterocycles. The van der Waals surface area contributed by atoms with E-state index < -0.39 is 0 Å². The van der Waals surface area contributed by atoms with Crippen molar-refractivity contribution in [1.82, 2.24) is 9.97 Å². The molecule has 0 saturated heterocycles. The molecule has 15 heavy (non-hydrogen) atoms. The van der Waals surface area contributed by atoms with Crippen LogP contribution in [0.4, 0.5) is 0 Å². The lowest BCUT2D eigenvalue weighted by molar-refractivity contribution is 0.965. The molecule has 80 valence electrons. The Kier molecular flexibility index (Phi) is 2.84. The fourth-order valence-electron chi connectivity index (χ4n) is 1.31. The van der Waals surface area contributed by atoms with Crippen LogP contribution in [0, 0.1) is 6.92 Å². The lowest BCUT2D eigenvalue weighted by Gasteiger charge is -2.02. The molecule has 2 rings (SSSR count). The standard InChI is InChI=1S/C10H12N2OS2/c1-5(2)14-10-11-8(13)7-4-6(3)15-9(7)12-10/h4-5H,1-3H3,(H,11,12,13). The molecule has 0 amide bonds. The van der Waals surface area contributed by atoms with Crippen LogP contribution in [0.2, 0.25) is 0 Å². The van der Waals surface area contributed by atoms with Gasteiger partial charge in [-0.25, -0.2) is 4.98 Å². The maximum atomic E-state index is 11.7. The van der Waals surface area contributed by atoms with Gasteiger partial charge < -0.3 is 4.98 Å². The first-order valence-electron chi connectivity index (χ1n) is 4.73. The summed E-state index contributed by atoms with van der Waals surface area (Å²) in [6.07, 6.45) is 0. The number of hydrogen-bond acceptors (Lipinski definition) is 4. The summed E-state index contributed by atoms with van der Waals surface area (Å²) >= 11 is 3.14. The first kappa shape index (κ1) is 10.7. The van der Waals surface area contributed by atoms with Gasteiger partial charge in [0.15, 0.2) is 5.16 Å². The smallest absolute Gasteiger partial charge is 0.260 e. The number of hydrogen-bond donors (Lipinski definition) is 1. The Morgan fingerprint density at radius 2 is 2.27 bits per heavy atom. The lowest BCUT2D eigenvalue weighted by atomic mass is 10.4. The van der Waals surface area contributed by atoms with Gasteiger partial charge in [0.05, 0.1) is 5.39 Å². The van der Waals surface area contributed by atoms with Crippen molar-refractivity contribution in [2.75, 3.05) is 0 Å². The molecule has 0 aliphatic carbocycles. The van der Waals surface area contributed by atoms with E-state index in [1.807, 2.05) is 13.0 Å². The zero-order valence-corrected chi connectivity index (χ0v) is 10.5. The zero-order valence-electron chi connectivity index (χ0n) is 8.83. The van der Waals surface area contributed by atoms with E-state index in [4.69, 9.17) is 0 Å². The molecule has 0 bridgehead atoms. The van der Waals surface area contributed by atoms with E-state index in [0.717, 1.165) is 9.71 Å². The number of nitrogens with one attached hydrogen (secondary N) is 1. The molecule has 0 unspecified atom stereocenters. The number of H-pyrrole nitrogens is 1. The van der Waals surface area contributed by atoms with Gasteiger partial charge in [-0.15, -0.1) is 11.3 Å². The van der Waals surface area contributed by atoms with Crippen LogP contribution in [0.25, 0.3) is 10.2 Å². The Bertz CT molecular complexity index is 542. The Morgan fingerprint density at radius 1 is 1.53 bits per heavy atom. The van der Waals surface area contributed by atoms with Gasteiger partial charge in [0, 0.05) is 10.1 Å². The minimum absolute atomic E-state index is 0.0347. The van der Waals surface area contributed by atoms with E-state index in [9.17, 15) is 4.79 Å². The largest absolute Gasteiger partial charge is 0.301 e. The third-order valence-corrected chi connectivity index (χ3v) is 3.68. The zero-order chi connectivity index (χ0) is 11.0. The molecule has 0 aliphatic heterocycles. The molecular formula is C10H12N2OS2. The Morgan fingerprint density at radius 3 is 2.93 bits per heavy atom. The lowest BCUT2D eigenvalue weighted by Crippen LogP contribution is -2.08. The summed E-state index contributed by atoms with van der Waals surface area (Å²) in [5.41, 5.74) is -0.0347. The number of thioether (sulfide) groups is 1. The van der Waals surface area contributed by atoms with Crippen molar-refractivity contribution < 1.29 is 0 Å². The maximum absolute atomic E-state index is 11.7. The molecule has 0 saturated carbocycles. The Balaban J connectivity index is 2.57. The van der Waals surface area contributed by atoms with Crippen LogP contribution < -0.4 is 5.56 Å². The van der Waals surface area contributed by atoms with Crippen LogP contribution in [0.5, 0.6) is 0 Å². The Hall–Kier alpha value is -0.810. The highest BCUT2D eigenvalue weighted by Gasteiger charge is 2.08. The summed E-state index contributed by atoms with van der Waals surface area (Å²) in [7, 11) is 0. The second-order valence-electron chi connectivity index (χ2n) is 3.61.